The molecule has 1 fully saturated rings. The largest absolute Gasteiger partial charge is 0.506 e. The number of phenolic OH excluding ortho intramolecular Hbond substituents is 1. The van der Waals surface area contributed by atoms with E-state index in [0.717, 1.165) is 46.6 Å². The molecule has 0 aliphatic carbocycles. The normalized spacial score (nSPS) is 13.2. The van der Waals surface area contributed by atoms with Crippen LogP contribution in [0.4, 0.5) is 42.5 Å². The number of rotatable bonds is 16. The van der Waals surface area contributed by atoms with E-state index in [1.165, 1.54) is 12.1 Å². The number of pyridine rings is 1. The van der Waals surface area contributed by atoms with E-state index in [2.05, 4.69) is 25.8 Å². The van der Waals surface area contributed by atoms with Gasteiger partial charge in [-0.05, 0) is 71.0 Å². The quantitative estimate of drug-likeness (QED) is 0.0430. The minimum absolute atomic E-state index is 0.000845. The highest BCUT2D eigenvalue weighted by molar-refractivity contribution is 5.93. The van der Waals surface area contributed by atoms with Crippen LogP contribution >= 0.6 is 0 Å². The lowest BCUT2D eigenvalue weighted by molar-refractivity contribution is -0.193. The Bertz CT molecular complexity index is 2960. The molecule has 5 aromatic carbocycles. The van der Waals surface area contributed by atoms with E-state index < -0.39 is 36.5 Å². The third-order valence-electron chi connectivity index (χ3n) is 11.7. The van der Waals surface area contributed by atoms with Crippen molar-refractivity contribution < 1.29 is 75.5 Å². The first-order valence-corrected chi connectivity index (χ1v) is 23.4. The molecule has 0 spiro atoms. The zero-order valence-corrected chi connectivity index (χ0v) is 40.7. The lowest BCUT2D eigenvalue weighted by atomic mass is 10.0. The van der Waals surface area contributed by atoms with Gasteiger partial charge >= 0.3 is 30.4 Å². The molecule has 7 rings (SSSR count). The number of carboxylic acid groups (broad SMARTS) is 2. The smallest absolute Gasteiger partial charge is 0.490 e. The van der Waals surface area contributed by atoms with Crippen molar-refractivity contribution in [2.45, 2.75) is 63.3 Å². The fourth-order valence-corrected chi connectivity index (χ4v) is 7.72. The minimum Gasteiger partial charge on any atom is -0.506 e. The predicted octanol–water partition coefficient (Wildman–Crippen LogP) is 7.92. The molecule has 2 heterocycles. The summed E-state index contributed by atoms with van der Waals surface area (Å²) in [5.74, 6) is -5.70. The number of anilines is 2. The van der Waals surface area contributed by atoms with Crippen molar-refractivity contribution in [1.82, 2.24) is 20.5 Å². The van der Waals surface area contributed by atoms with Crippen LogP contribution in [-0.4, -0.2) is 112 Å². The number of benzene rings is 5. The number of phenols is 1. The van der Waals surface area contributed by atoms with Crippen LogP contribution in [0, 0.1) is 0 Å². The zero-order chi connectivity index (χ0) is 55.6. The van der Waals surface area contributed by atoms with Crippen LogP contribution in [-0.2, 0) is 43.4 Å². The number of aromatic amines is 1. The highest BCUT2D eigenvalue weighted by Gasteiger charge is 2.39. The van der Waals surface area contributed by atoms with E-state index >= 15 is 0 Å². The average molecular weight is 1070 g/mol. The van der Waals surface area contributed by atoms with Gasteiger partial charge in [-0.2, -0.15) is 26.3 Å². The molecule has 8 N–H and O–H groups in total. The van der Waals surface area contributed by atoms with Crippen molar-refractivity contribution in [2.24, 2.45) is 0 Å². The number of likely N-dealkylation sites (tertiary alicyclic amines) is 1. The molecular weight excluding hydrogens is 1010 g/mol. The van der Waals surface area contributed by atoms with Crippen LogP contribution in [0.15, 0.2) is 132 Å². The highest BCUT2D eigenvalue weighted by Crippen LogP contribution is 2.30. The van der Waals surface area contributed by atoms with Crippen molar-refractivity contribution in [3.63, 3.8) is 0 Å². The molecule has 1 aromatic heterocycles. The number of amides is 3. The Morgan fingerprint density at radius 1 is 0.763 bits per heavy atom. The first-order valence-electron chi connectivity index (χ1n) is 23.4. The summed E-state index contributed by atoms with van der Waals surface area (Å²) in [6.07, 6.45) is -9.76. The second-order valence-electron chi connectivity index (χ2n) is 17.2. The monoisotopic (exact) mass is 1060 g/mol. The lowest BCUT2D eigenvalue weighted by Gasteiger charge is -2.31. The van der Waals surface area contributed by atoms with Crippen molar-refractivity contribution in [3.05, 3.63) is 160 Å². The van der Waals surface area contributed by atoms with E-state index in [4.69, 9.17) is 24.5 Å². The van der Waals surface area contributed by atoms with Crippen LogP contribution in [0.3, 0.4) is 0 Å². The Labute approximate surface area is 430 Å². The number of para-hydroxylation sites is 1. The van der Waals surface area contributed by atoms with Crippen LogP contribution < -0.4 is 26.4 Å². The lowest BCUT2D eigenvalue weighted by Crippen LogP contribution is -2.40. The van der Waals surface area contributed by atoms with Gasteiger partial charge in [0.05, 0.1) is 23.7 Å². The Morgan fingerprint density at radius 2 is 1.38 bits per heavy atom. The van der Waals surface area contributed by atoms with Gasteiger partial charge in [0, 0.05) is 75.4 Å². The van der Waals surface area contributed by atoms with Gasteiger partial charge in [0.15, 0.2) is 0 Å². The molecule has 0 radical (unpaired) electrons. The zero-order valence-electron chi connectivity index (χ0n) is 40.7. The van der Waals surface area contributed by atoms with Gasteiger partial charge < -0.3 is 50.6 Å². The number of halogens is 6. The topological polar surface area (TPSA) is 251 Å². The Hall–Kier alpha value is -8.28. The summed E-state index contributed by atoms with van der Waals surface area (Å²) in [6.45, 7) is 3.12. The Balaban J connectivity index is 0.000000671. The van der Waals surface area contributed by atoms with Crippen molar-refractivity contribution in [1.29, 1.82) is 0 Å². The molecule has 1 aliphatic rings. The van der Waals surface area contributed by atoms with Crippen LogP contribution in [0.1, 0.15) is 47.6 Å². The molecule has 76 heavy (non-hydrogen) atoms. The molecule has 1 aliphatic heterocycles. The standard InChI is InChI=1S/C49H52N6O7.2C2HF3O2/c1-54(47(60)24-27-55-25-22-38(23-26-55)62-49(61)52-42-13-6-5-12-39(42)36-10-3-2-4-11-36)37-16-14-33(15-17-37)31-51-46(59)29-34-8-7-9-35(28-34)30-50-32-44(57)40-18-20-43(56)48-41(40)19-21-45(58)53-48;2*3-2(4,5)1(6)7/h2-21,28,38,44,50,56-57H,22-27,29-32H2,1H3,(H,51,59)(H,52,61)(H,53,58);2*(H,6,7)/t44-;;/m0../s1. The van der Waals surface area contributed by atoms with Gasteiger partial charge in [0.1, 0.15) is 11.9 Å². The van der Waals surface area contributed by atoms with Crippen molar-refractivity contribution in [2.75, 3.05) is 43.4 Å². The van der Waals surface area contributed by atoms with Gasteiger partial charge in [0.2, 0.25) is 17.4 Å². The number of aliphatic hydroxyl groups is 1. The van der Waals surface area contributed by atoms with Gasteiger partial charge in [0.25, 0.3) is 0 Å². The maximum Gasteiger partial charge on any atom is 0.490 e. The second kappa shape index (κ2) is 27.3. The third-order valence-corrected chi connectivity index (χ3v) is 11.7. The number of nitrogens with zero attached hydrogens (tertiary/aromatic N) is 2. The summed E-state index contributed by atoms with van der Waals surface area (Å²) in [5, 5.41) is 45.0. The second-order valence-corrected chi connectivity index (χ2v) is 17.2. The number of aliphatic carboxylic acids is 2. The van der Waals surface area contributed by atoms with E-state index in [-0.39, 0.29) is 47.7 Å². The average Bonchev–Trinajstić information content (AvgIpc) is 3.38. The summed E-state index contributed by atoms with van der Waals surface area (Å²) >= 11 is 0. The molecule has 23 heteroatoms. The SMILES string of the molecule is CN(C(=O)CCN1CCC(OC(=O)Nc2ccccc2-c2ccccc2)CC1)c1ccc(CNC(=O)Cc2cccc(CNC[C@H](O)c3ccc(O)c4[nH]c(=O)ccc34)c2)cc1.O=C(O)C(F)(F)F.O=C(O)C(F)(F)F. The number of carbonyl (C=O) groups excluding carboxylic acids is 3. The fourth-order valence-electron chi connectivity index (χ4n) is 7.72. The van der Waals surface area contributed by atoms with Crippen LogP contribution in [0.25, 0.3) is 22.0 Å². The number of aliphatic hydroxyl groups excluding tert-OH is 1. The number of carboxylic acids is 2. The number of aromatic hydroxyl groups is 1. The summed E-state index contributed by atoms with van der Waals surface area (Å²) in [6, 6.07) is 38.8. The number of piperidine rings is 1. The van der Waals surface area contributed by atoms with Gasteiger partial charge in [-0.1, -0.05) is 91.0 Å². The number of H-pyrrole nitrogens is 1. The summed E-state index contributed by atoms with van der Waals surface area (Å²) in [7, 11) is 1.76. The number of aromatic nitrogens is 1. The van der Waals surface area contributed by atoms with E-state index in [0.29, 0.717) is 55.5 Å². The predicted molar refractivity (Wildman–Crippen MR) is 268 cm³/mol. The number of fused-ring (bicyclic) bond motifs is 1. The summed E-state index contributed by atoms with van der Waals surface area (Å²) < 4.78 is 69.2. The highest BCUT2D eigenvalue weighted by atomic mass is 19.4. The number of alkyl halides is 6. The first-order chi connectivity index (χ1) is 36.0. The number of hydrogen-bond donors (Lipinski definition) is 8. The minimum atomic E-state index is -5.08. The Morgan fingerprint density at radius 3 is 2.03 bits per heavy atom. The summed E-state index contributed by atoms with van der Waals surface area (Å²) in [4.78, 5) is 74.8. The molecule has 6 aromatic rings. The fraction of sp³-hybridized carbons (Fsp3) is 0.283. The maximum atomic E-state index is 13.1. The van der Waals surface area contributed by atoms with Gasteiger partial charge in [-0.25, -0.2) is 14.4 Å². The third kappa shape index (κ3) is 18.3. The van der Waals surface area contributed by atoms with Crippen molar-refractivity contribution in [3.8, 4) is 16.9 Å². The summed E-state index contributed by atoms with van der Waals surface area (Å²) in [5.41, 5.74) is 6.65. The molecule has 3 amide bonds. The Kier molecular flexibility index (Phi) is 21.1. The first kappa shape index (κ1) is 58.6. The molecule has 1 saturated heterocycles. The van der Waals surface area contributed by atoms with Gasteiger partial charge in [-0.15, -0.1) is 0 Å². The number of hydrogen-bond acceptors (Lipinski definition) is 11. The number of carbonyl (C=O) groups is 5. The molecular formula is C53H54F6N6O11. The van der Waals surface area contributed by atoms with E-state index in [9.17, 15) is 55.7 Å². The number of nitrogens with one attached hydrogen (secondary N) is 4. The molecule has 17 nitrogen and oxygen atoms in total. The number of ether oxygens (including phenoxy) is 1. The van der Waals surface area contributed by atoms with E-state index in [1.54, 1.807) is 24.1 Å². The van der Waals surface area contributed by atoms with Crippen LogP contribution in [0.2, 0.25) is 0 Å². The molecule has 1 atom stereocenters. The molecule has 0 bridgehead atoms. The van der Waals surface area contributed by atoms with E-state index in [1.807, 2.05) is 103 Å². The molecule has 0 unspecified atom stereocenters. The van der Waals surface area contributed by atoms with Crippen LogP contribution in [0.5, 0.6) is 5.75 Å². The molecule has 0 saturated carbocycles. The van der Waals surface area contributed by atoms with Gasteiger partial charge in [-0.3, -0.25) is 19.7 Å². The maximum absolute atomic E-state index is 13.1. The van der Waals surface area contributed by atoms with Crippen molar-refractivity contribution >= 4 is 52.1 Å². The molecule has 404 valence electrons.